The third-order valence-electron chi connectivity index (χ3n) is 8.06. The van der Waals surface area contributed by atoms with Crippen molar-refractivity contribution in [3.63, 3.8) is 0 Å². The predicted octanol–water partition coefficient (Wildman–Crippen LogP) is 3.64. The zero-order valence-electron chi connectivity index (χ0n) is 25.9. The number of fused-ring (bicyclic) bond motifs is 2. The average molecular weight is 561 g/mol. The van der Waals surface area contributed by atoms with Gasteiger partial charge < -0.3 is 20.9 Å². The number of carbonyl (C=O) groups is 2. The van der Waals surface area contributed by atoms with E-state index >= 15 is 0 Å². The van der Waals surface area contributed by atoms with Gasteiger partial charge in [-0.05, 0) is 86.0 Å². The highest BCUT2D eigenvalue weighted by atomic mass is 16.2. The standard InChI is InChI=1S/C33H48N6O2/c1-9-35-24(4)20-33(32(36-22-40)37-39(8)10-2)21-29-12-11-25(17-23(3)34-5)18-26(29)13-14-27-19-28(15-16-30(27)33)31(41)38(6)7/h11-12,15-16,18-19,22,24,34-35H,3,9-10,13-14,17,20-21H2,1-2,4-8H3,(H,36,37,40). The number of benzene rings is 2. The molecule has 0 aliphatic heterocycles. The molecule has 1 aliphatic rings. The Balaban J connectivity index is 2.34. The Bertz CT molecular complexity index is 1270. The number of aryl methyl sites for hydroxylation is 2. The van der Waals surface area contributed by atoms with Gasteiger partial charge in [0, 0.05) is 58.5 Å². The molecule has 0 heterocycles. The highest BCUT2D eigenvalue weighted by Gasteiger charge is 2.43. The summed E-state index contributed by atoms with van der Waals surface area (Å²) in [5.74, 6) is 0.593. The van der Waals surface area contributed by atoms with Crippen LogP contribution in [0.3, 0.4) is 0 Å². The summed E-state index contributed by atoms with van der Waals surface area (Å²) in [5.41, 5.74) is 6.92. The van der Waals surface area contributed by atoms with E-state index in [1.165, 1.54) is 16.7 Å². The number of allylic oxidation sites excluding steroid dienone is 1. The van der Waals surface area contributed by atoms with Crippen molar-refractivity contribution in [1.82, 2.24) is 25.9 Å². The maximum Gasteiger partial charge on any atom is 0.253 e. The van der Waals surface area contributed by atoms with Gasteiger partial charge in [-0.3, -0.25) is 14.6 Å². The van der Waals surface area contributed by atoms with E-state index in [2.05, 4.69) is 60.6 Å². The Kier molecular flexibility index (Phi) is 11.1. The second-order valence-corrected chi connectivity index (χ2v) is 11.3. The SMILES string of the molecule is C=C(Cc1ccc2c(c1)CCc1cc(C(=O)N(C)C)ccc1C(CC(C)NCC)(/C(=N/N(C)CC)NC=O)C2)NC. The monoisotopic (exact) mass is 560 g/mol. The third-order valence-corrected chi connectivity index (χ3v) is 8.06. The zero-order valence-corrected chi connectivity index (χ0v) is 25.9. The molecule has 3 rings (SSSR count). The van der Waals surface area contributed by atoms with Crippen LogP contribution >= 0.6 is 0 Å². The number of nitrogens with zero attached hydrogens (tertiary/aromatic N) is 3. The molecular formula is C33H48N6O2. The molecule has 222 valence electrons. The van der Waals surface area contributed by atoms with Crippen molar-refractivity contribution in [1.29, 1.82) is 0 Å². The first kappa shape index (κ1) is 31.9. The first-order valence-corrected chi connectivity index (χ1v) is 14.6. The lowest BCUT2D eigenvalue weighted by Crippen LogP contribution is -2.51. The Hall–Kier alpha value is -3.65. The Labute approximate surface area is 246 Å². The molecule has 2 aromatic carbocycles. The summed E-state index contributed by atoms with van der Waals surface area (Å²) < 4.78 is 0. The van der Waals surface area contributed by atoms with Gasteiger partial charge in [-0.15, -0.1) is 0 Å². The van der Waals surface area contributed by atoms with E-state index in [-0.39, 0.29) is 11.9 Å². The van der Waals surface area contributed by atoms with Gasteiger partial charge in [0.2, 0.25) is 6.41 Å². The van der Waals surface area contributed by atoms with Gasteiger partial charge in [-0.1, -0.05) is 37.8 Å². The molecule has 2 unspecified atom stereocenters. The number of hydrazone groups is 1. The summed E-state index contributed by atoms with van der Waals surface area (Å²) in [6, 6.07) is 12.9. The molecule has 3 N–H and O–H groups in total. The number of hydrogen-bond acceptors (Lipinski definition) is 6. The van der Waals surface area contributed by atoms with Crippen molar-refractivity contribution in [2.24, 2.45) is 5.10 Å². The van der Waals surface area contributed by atoms with Crippen LogP contribution in [-0.2, 0) is 35.9 Å². The van der Waals surface area contributed by atoms with Crippen molar-refractivity contribution in [2.45, 2.75) is 64.3 Å². The van der Waals surface area contributed by atoms with Gasteiger partial charge >= 0.3 is 0 Å². The van der Waals surface area contributed by atoms with Crippen molar-refractivity contribution in [3.8, 4) is 0 Å². The number of amides is 2. The molecule has 0 radical (unpaired) electrons. The second-order valence-electron chi connectivity index (χ2n) is 11.3. The van der Waals surface area contributed by atoms with Crippen LogP contribution in [0.15, 0.2) is 53.8 Å². The molecule has 8 heteroatoms. The van der Waals surface area contributed by atoms with E-state index in [1.54, 1.807) is 19.0 Å². The predicted molar refractivity (Wildman–Crippen MR) is 168 cm³/mol. The molecule has 2 atom stereocenters. The first-order valence-electron chi connectivity index (χ1n) is 14.6. The molecule has 2 amide bonds. The van der Waals surface area contributed by atoms with Gasteiger partial charge in [-0.2, -0.15) is 5.10 Å². The fourth-order valence-electron chi connectivity index (χ4n) is 5.87. The minimum Gasteiger partial charge on any atom is -0.392 e. The van der Waals surface area contributed by atoms with Crippen LogP contribution in [0.4, 0.5) is 0 Å². The topological polar surface area (TPSA) is 89.1 Å². The molecule has 8 nitrogen and oxygen atoms in total. The number of amidine groups is 1. The highest BCUT2D eigenvalue weighted by Crippen LogP contribution is 2.40. The van der Waals surface area contributed by atoms with Crippen molar-refractivity contribution >= 4 is 18.2 Å². The van der Waals surface area contributed by atoms with Gasteiger partial charge in [0.1, 0.15) is 5.84 Å². The maximum absolute atomic E-state index is 13.0. The van der Waals surface area contributed by atoms with Crippen molar-refractivity contribution in [2.75, 3.05) is 41.3 Å². The summed E-state index contributed by atoms with van der Waals surface area (Å²) in [6.45, 7) is 12.0. The first-order chi connectivity index (χ1) is 19.6. The van der Waals surface area contributed by atoms with E-state index in [0.717, 1.165) is 49.0 Å². The second kappa shape index (κ2) is 14.3. The Morgan fingerprint density at radius 1 is 1.10 bits per heavy atom. The molecular weight excluding hydrogens is 512 g/mol. The average Bonchev–Trinajstić information content (AvgIpc) is 2.94. The van der Waals surface area contributed by atoms with Crippen LogP contribution in [0.25, 0.3) is 0 Å². The summed E-state index contributed by atoms with van der Waals surface area (Å²) in [5, 5.41) is 16.6. The summed E-state index contributed by atoms with van der Waals surface area (Å²) in [7, 11) is 7.37. The molecule has 0 fully saturated rings. The van der Waals surface area contributed by atoms with Crippen LogP contribution < -0.4 is 16.0 Å². The molecule has 2 aromatic rings. The fourth-order valence-corrected chi connectivity index (χ4v) is 5.87. The van der Waals surface area contributed by atoms with Gasteiger partial charge in [0.05, 0.1) is 5.41 Å². The molecule has 0 saturated carbocycles. The fraction of sp³-hybridized carbons (Fsp3) is 0.485. The van der Waals surface area contributed by atoms with Crippen LogP contribution in [0.1, 0.15) is 65.4 Å². The van der Waals surface area contributed by atoms with Crippen molar-refractivity contribution in [3.05, 3.63) is 82.1 Å². The molecule has 0 bridgehead atoms. The number of hydrogen-bond donors (Lipinski definition) is 3. The van der Waals surface area contributed by atoms with Gasteiger partial charge in [-0.25, -0.2) is 0 Å². The Morgan fingerprint density at radius 2 is 1.83 bits per heavy atom. The summed E-state index contributed by atoms with van der Waals surface area (Å²) >= 11 is 0. The minimum absolute atomic E-state index is 0.0274. The van der Waals surface area contributed by atoms with Crippen LogP contribution in [0.2, 0.25) is 0 Å². The van der Waals surface area contributed by atoms with E-state index in [4.69, 9.17) is 5.10 Å². The van der Waals surface area contributed by atoms with Gasteiger partial charge in [0.15, 0.2) is 0 Å². The molecule has 0 aromatic heterocycles. The largest absolute Gasteiger partial charge is 0.392 e. The molecule has 41 heavy (non-hydrogen) atoms. The van der Waals surface area contributed by atoms with Gasteiger partial charge in [0.25, 0.3) is 5.91 Å². The number of rotatable bonds is 12. The number of carbonyl (C=O) groups excluding carboxylic acids is 2. The summed E-state index contributed by atoms with van der Waals surface area (Å²) in [6.07, 6.45) is 4.48. The normalized spacial score (nSPS) is 17.3. The lowest BCUT2D eigenvalue weighted by molar-refractivity contribution is -0.108. The maximum atomic E-state index is 13.0. The number of nitrogens with one attached hydrogen (secondary N) is 3. The zero-order chi connectivity index (χ0) is 30.2. The molecule has 0 saturated heterocycles. The Morgan fingerprint density at radius 3 is 2.46 bits per heavy atom. The summed E-state index contributed by atoms with van der Waals surface area (Å²) in [4.78, 5) is 26.7. The lowest BCUT2D eigenvalue weighted by Gasteiger charge is -2.41. The van der Waals surface area contributed by atoms with E-state index in [0.29, 0.717) is 30.8 Å². The smallest absolute Gasteiger partial charge is 0.253 e. The lowest BCUT2D eigenvalue weighted by atomic mass is 9.66. The van der Waals surface area contributed by atoms with Crippen LogP contribution in [0, 0.1) is 0 Å². The van der Waals surface area contributed by atoms with E-state index in [1.807, 2.05) is 38.2 Å². The van der Waals surface area contributed by atoms with Crippen LogP contribution in [-0.4, -0.2) is 75.4 Å². The van der Waals surface area contributed by atoms with Crippen molar-refractivity contribution < 1.29 is 9.59 Å². The molecule has 1 aliphatic carbocycles. The van der Waals surface area contributed by atoms with E-state index in [9.17, 15) is 9.59 Å². The van der Waals surface area contributed by atoms with Crippen LogP contribution in [0.5, 0.6) is 0 Å². The quantitative estimate of drug-likeness (QED) is 0.160. The third kappa shape index (κ3) is 7.55. The number of likely N-dealkylation sites (N-methyl/N-ethyl adjacent to an activating group) is 1. The molecule has 0 spiro atoms. The van der Waals surface area contributed by atoms with E-state index < -0.39 is 5.41 Å². The minimum atomic E-state index is -0.647. The highest BCUT2D eigenvalue weighted by molar-refractivity contribution is 6.00.